The van der Waals surface area contributed by atoms with Crippen molar-refractivity contribution < 1.29 is 21.8 Å². The lowest BCUT2D eigenvalue weighted by atomic mass is 10.2. The van der Waals surface area contributed by atoms with Crippen molar-refractivity contribution in [1.82, 2.24) is 5.32 Å². The molecule has 1 amide bonds. The minimum atomic E-state index is -4.81. The van der Waals surface area contributed by atoms with Crippen LogP contribution in [0.2, 0.25) is 0 Å². The van der Waals surface area contributed by atoms with Gasteiger partial charge in [0.1, 0.15) is 12.4 Å². The highest BCUT2D eigenvalue weighted by atomic mass is 32.3. The average Bonchev–Trinajstić information content (AvgIpc) is 2.39. The summed E-state index contributed by atoms with van der Waals surface area (Å²) < 4.78 is 39.2. The molecule has 0 aromatic heterocycles. The van der Waals surface area contributed by atoms with Gasteiger partial charge in [-0.05, 0) is 18.2 Å². The van der Waals surface area contributed by atoms with Crippen LogP contribution in [0.15, 0.2) is 23.1 Å². The molecule has 0 atom stereocenters. The van der Waals surface area contributed by atoms with Gasteiger partial charge in [-0.3, -0.25) is 4.79 Å². The molecule has 1 aromatic rings. The van der Waals surface area contributed by atoms with Gasteiger partial charge >= 0.3 is 10.2 Å². The highest BCUT2D eigenvalue weighted by Gasteiger charge is 2.20. The summed E-state index contributed by atoms with van der Waals surface area (Å²) in [5.74, 6) is -0.222. The molecule has 5 nitrogen and oxygen atoms in total. The van der Waals surface area contributed by atoms with Gasteiger partial charge in [-0.25, -0.2) is 0 Å². The fourth-order valence-electron chi connectivity index (χ4n) is 1.38. The molecule has 0 bridgehead atoms. The van der Waals surface area contributed by atoms with Gasteiger partial charge in [0.15, 0.2) is 0 Å². The van der Waals surface area contributed by atoms with Gasteiger partial charge in [0, 0.05) is 0 Å². The zero-order valence-corrected chi connectivity index (χ0v) is 8.88. The summed E-state index contributed by atoms with van der Waals surface area (Å²) in [4.78, 5) is 10.9. The molecule has 0 spiro atoms. The van der Waals surface area contributed by atoms with E-state index in [0.717, 1.165) is 12.1 Å². The number of nitrogens with one attached hydrogen (secondary N) is 1. The standard InChI is InChI=1S/C9H8FNO4S/c10-16(13,14)6-1-2-8-7(5-6)9(12)11-3-4-15-8/h1-2,5H,3-4H2,(H,11,12). The van der Waals surface area contributed by atoms with Crippen LogP contribution in [0.25, 0.3) is 0 Å². The van der Waals surface area contributed by atoms with Crippen molar-refractivity contribution >= 4 is 16.1 Å². The van der Waals surface area contributed by atoms with Crippen LogP contribution < -0.4 is 10.1 Å². The van der Waals surface area contributed by atoms with Gasteiger partial charge in [0.05, 0.1) is 17.0 Å². The fraction of sp³-hybridized carbons (Fsp3) is 0.222. The molecule has 2 rings (SSSR count). The number of hydrogen-bond acceptors (Lipinski definition) is 4. The van der Waals surface area contributed by atoms with Crippen molar-refractivity contribution in [3.8, 4) is 5.75 Å². The monoisotopic (exact) mass is 245 g/mol. The van der Waals surface area contributed by atoms with Crippen LogP contribution in [0.5, 0.6) is 5.75 Å². The largest absolute Gasteiger partial charge is 0.491 e. The first-order valence-electron chi connectivity index (χ1n) is 4.48. The number of hydrogen-bond donors (Lipinski definition) is 1. The van der Waals surface area contributed by atoms with Gasteiger partial charge in [-0.2, -0.15) is 8.42 Å². The molecule has 0 aliphatic carbocycles. The lowest BCUT2D eigenvalue weighted by Gasteiger charge is -2.05. The normalized spacial score (nSPS) is 15.7. The Balaban J connectivity index is 2.56. The molecule has 0 saturated carbocycles. The van der Waals surface area contributed by atoms with Crippen molar-refractivity contribution in [2.24, 2.45) is 0 Å². The van der Waals surface area contributed by atoms with Crippen LogP contribution in [0, 0.1) is 0 Å². The van der Waals surface area contributed by atoms with Crippen LogP contribution >= 0.6 is 0 Å². The minimum Gasteiger partial charge on any atom is -0.491 e. The van der Waals surface area contributed by atoms with E-state index in [1.165, 1.54) is 6.07 Å². The maximum Gasteiger partial charge on any atom is 0.332 e. The van der Waals surface area contributed by atoms with Crippen molar-refractivity contribution in [3.05, 3.63) is 23.8 Å². The van der Waals surface area contributed by atoms with E-state index in [-0.39, 0.29) is 11.3 Å². The molecule has 1 aromatic carbocycles. The van der Waals surface area contributed by atoms with E-state index in [1.807, 2.05) is 0 Å². The second-order valence-corrected chi connectivity index (χ2v) is 4.55. The van der Waals surface area contributed by atoms with E-state index < -0.39 is 21.0 Å². The second kappa shape index (κ2) is 3.75. The van der Waals surface area contributed by atoms with Crippen molar-refractivity contribution in [1.29, 1.82) is 0 Å². The summed E-state index contributed by atoms with van der Waals surface area (Å²) in [5.41, 5.74) is 0.0243. The van der Waals surface area contributed by atoms with E-state index in [2.05, 4.69) is 5.32 Å². The molecule has 0 unspecified atom stereocenters. The molecule has 1 heterocycles. The Bertz CT molecular complexity index is 540. The zero-order valence-electron chi connectivity index (χ0n) is 8.07. The first kappa shape index (κ1) is 10.9. The van der Waals surface area contributed by atoms with Gasteiger partial charge in [-0.15, -0.1) is 3.89 Å². The zero-order chi connectivity index (χ0) is 11.8. The van der Waals surface area contributed by atoms with E-state index in [4.69, 9.17) is 4.74 Å². The highest BCUT2D eigenvalue weighted by molar-refractivity contribution is 7.86. The first-order chi connectivity index (χ1) is 7.48. The van der Waals surface area contributed by atoms with Crippen LogP contribution in [0.1, 0.15) is 10.4 Å². The number of carbonyl (C=O) groups is 1. The number of ether oxygens (including phenoxy) is 1. The van der Waals surface area contributed by atoms with E-state index in [0.29, 0.717) is 13.2 Å². The maximum absolute atomic E-state index is 12.7. The van der Waals surface area contributed by atoms with Gasteiger partial charge in [-0.1, -0.05) is 0 Å². The first-order valence-corrected chi connectivity index (χ1v) is 5.86. The number of halogens is 1. The average molecular weight is 245 g/mol. The lowest BCUT2D eigenvalue weighted by Crippen LogP contribution is -2.24. The summed E-state index contributed by atoms with van der Waals surface area (Å²) >= 11 is 0. The minimum absolute atomic E-state index is 0.0243. The number of benzene rings is 1. The Morgan fingerprint density at radius 3 is 2.81 bits per heavy atom. The summed E-state index contributed by atoms with van der Waals surface area (Å²) in [6, 6.07) is 3.30. The quantitative estimate of drug-likeness (QED) is 0.730. The Labute approximate surface area is 91.4 Å². The third-order valence-electron chi connectivity index (χ3n) is 2.12. The highest BCUT2D eigenvalue weighted by Crippen LogP contribution is 2.24. The topological polar surface area (TPSA) is 72.5 Å². The lowest BCUT2D eigenvalue weighted by molar-refractivity contribution is 0.0957. The molecule has 0 fully saturated rings. The number of carbonyl (C=O) groups excluding carboxylic acids is 1. The van der Waals surface area contributed by atoms with Crippen LogP contribution in [0.3, 0.4) is 0 Å². The molecule has 0 saturated heterocycles. The molecule has 16 heavy (non-hydrogen) atoms. The smallest absolute Gasteiger partial charge is 0.332 e. The number of amides is 1. The van der Waals surface area contributed by atoms with E-state index >= 15 is 0 Å². The molecule has 7 heteroatoms. The SMILES string of the molecule is O=C1NCCOc2ccc(S(=O)(=O)F)cc21. The van der Waals surface area contributed by atoms with Crippen molar-refractivity contribution in [3.63, 3.8) is 0 Å². The van der Waals surface area contributed by atoms with Gasteiger partial charge in [0.2, 0.25) is 0 Å². The van der Waals surface area contributed by atoms with Gasteiger partial charge in [0.25, 0.3) is 5.91 Å². The van der Waals surface area contributed by atoms with Crippen LogP contribution in [0.4, 0.5) is 3.89 Å². The molecular formula is C9H8FNO4S. The van der Waals surface area contributed by atoms with Crippen LogP contribution in [-0.4, -0.2) is 27.5 Å². The third-order valence-corrected chi connectivity index (χ3v) is 2.94. The second-order valence-electron chi connectivity index (χ2n) is 3.20. The predicted molar refractivity (Wildman–Crippen MR) is 52.6 cm³/mol. The van der Waals surface area contributed by atoms with E-state index in [1.54, 1.807) is 0 Å². The van der Waals surface area contributed by atoms with E-state index in [9.17, 15) is 17.1 Å². The summed E-state index contributed by atoms with van der Waals surface area (Å²) in [6.07, 6.45) is 0. The molecule has 1 aliphatic rings. The summed E-state index contributed by atoms with van der Waals surface area (Å²) in [5, 5.41) is 2.50. The van der Waals surface area contributed by atoms with Crippen molar-refractivity contribution in [2.45, 2.75) is 4.90 Å². The fourth-order valence-corrected chi connectivity index (χ4v) is 1.87. The Hall–Kier alpha value is -1.63. The van der Waals surface area contributed by atoms with Gasteiger partial charge < -0.3 is 10.1 Å². The molecule has 1 aliphatic heterocycles. The third kappa shape index (κ3) is 1.99. The summed E-state index contributed by atoms with van der Waals surface area (Å²) in [6.45, 7) is 0.617. The molecule has 86 valence electrons. The maximum atomic E-state index is 12.7. The molecule has 0 radical (unpaired) electrons. The predicted octanol–water partition coefficient (Wildman–Crippen LogP) is 0.467. The number of rotatable bonds is 1. The van der Waals surface area contributed by atoms with Crippen LogP contribution in [-0.2, 0) is 10.2 Å². The van der Waals surface area contributed by atoms with Crippen molar-refractivity contribution in [2.75, 3.05) is 13.2 Å². The summed E-state index contributed by atoms with van der Waals surface area (Å²) in [7, 11) is -4.81. The Morgan fingerprint density at radius 2 is 2.12 bits per heavy atom. The molecular weight excluding hydrogens is 237 g/mol. The Morgan fingerprint density at radius 1 is 1.38 bits per heavy atom. The molecule has 1 N–H and O–H groups in total. The number of fused-ring (bicyclic) bond motifs is 1. The Kier molecular flexibility index (Phi) is 2.55.